The van der Waals surface area contributed by atoms with Gasteiger partial charge in [-0.1, -0.05) is 62.9 Å². The zero-order chi connectivity index (χ0) is 21.6. The zero-order valence-corrected chi connectivity index (χ0v) is 17.3. The fourth-order valence-corrected chi connectivity index (χ4v) is 2.72. The van der Waals surface area contributed by atoms with Crippen LogP contribution < -0.4 is 10.6 Å². The van der Waals surface area contributed by atoms with E-state index in [-0.39, 0.29) is 6.61 Å². The molecule has 0 unspecified atom stereocenters. The quantitative estimate of drug-likeness (QED) is 0.361. The van der Waals surface area contributed by atoms with E-state index in [4.69, 9.17) is 9.47 Å². The molecule has 1 aromatic rings. The van der Waals surface area contributed by atoms with Crippen LogP contribution in [-0.2, 0) is 25.7 Å². The first-order valence-electron chi connectivity index (χ1n) is 9.92. The molecule has 1 rings (SSSR count). The maximum atomic E-state index is 12.6. The Labute approximate surface area is 172 Å². The molecule has 3 atom stereocenters. The van der Waals surface area contributed by atoms with Gasteiger partial charge in [-0.3, -0.25) is 4.79 Å². The lowest BCUT2D eigenvalue weighted by atomic mass is 10.1. The molecular weight excluding hydrogens is 376 g/mol. The SMILES string of the molecule is CCCCCC[C@H](NC(=O)[C@@H](NC(=O)OCc1ccccc1)[C@@H](C)O)C(=O)OC. The van der Waals surface area contributed by atoms with E-state index in [1.165, 1.54) is 14.0 Å². The van der Waals surface area contributed by atoms with Gasteiger partial charge in [0.15, 0.2) is 0 Å². The summed E-state index contributed by atoms with van der Waals surface area (Å²) in [5.74, 6) is -1.24. The van der Waals surface area contributed by atoms with E-state index in [1.54, 1.807) is 12.1 Å². The summed E-state index contributed by atoms with van der Waals surface area (Å²) >= 11 is 0. The Morgan fingerprint density at radius 3 is 2.34 bits per heavy atom. The highest BCUT2D eigenvalue weighted by Crippen LogP contribution is 2.08. The van der Waals surface area contributed by atoms with Gasteiger partial charge in [-0.2, -0.15) is 0 Å². The van der Waals surface area contributed by atoms with Crippen LogP contribution >= 0.6 is 0 Å². The molecule has 0 aliphatic carbocycles. The van der Waals surface area contributed by atoms with Gasteiger partial charge in [-0.15, -0.1) is 0 Å². The van der Waals surface area contributed by atoms with Crippen LogP contribution in [0.2, 0.25) is 0 Å². The van der Waals surface area contributed by atoms with Gasteiger partial charge >= 0.3 is 12.1 Å². The highest BCUT2D eigenvalue weighted by atomic mass is 16.5. The summed E-state index contributed by atoms with van der Waals surface area (Å²) in [7, 11) is 1.25. The molecule has 29 heavy (non-hydrogen) atoms. The summed E-state index contributed by atoms with van der Waals surface area (Å²) < 4.78 is 9.84. The Morgan fingerprint density at radius 2 is 1.76 bits per heavy atom. The molecule has 0 aliphatic heterocycles. The Balaban J connectivity index is 2.63. The maximum absolute atomic E-state index is 12.6. The molecule has 0 radical (unpaired) electrons. The average molecular weight is 408 g/mol. The van der Waals surface area contributed by atoms with E-state index in [0.29, 0.717) is 6.42 Å². The fraction of sp³-hybridized carbons (Fsp3) is 0.571. The second kappa shape index (κ2) is 13.5. The van der Waals surface area contributed by atoms with Crippen molar-refractivity contribution in [2.75, 3.05) is 7.11 Å². The Hall–Kier alpha value is -2.61. The lowest BCUT2D eigenvalue weighted by Gasteiger charge is -2.23. The van der Waals surface area contributed by atoms with E-state index in [0.717, 1.165) is 31.2 Å². The van der Waals surface area contributed by atoms with Crippen LogP contribution in [0.3, 0.4) is 0 Å². The molecule has 2 amide bonds. The minimum Gasteiger partial charge on any atom is -0.467 e. The number of amides is 2. The number of aliphatic hydroxyl groups is 1. The molecule has 0 fully saturated rings. The Morgan fingerprint density at radius 1 is 1.07 bits per heavy atom. The van der Waals surface area contributed by atoms with Crippen LogP contribution in [0.15, 0.2) is 30.3 Å². The fourth-order valence-electron chi connectivity index (χ4n) is 2.72. The third-order valence-corrected chi connectivity index (χ3v) is 4.40. The van der Waals surface area contributed by atoms with Crippen LogP contribution in [0.4, 0.5) is 4.79 Å². The third kappa shape index (κ3) is 9.43. The number of hydrogen-bond acceptors (Lipinski definition) is 6. The number of aliphatic hydroxyl groups excluding tert-OH is 1. The topological polar surface area (TPSA) is 114 Å². The predicted octanol–water partition coefficient (Wildman–Crippen LogP) is 2.29. The number of benzene rings is 1. The number of esters is 1. The van der Waals surface area contributed by atoms with Gasteiger partial charge < -0.3 is 25.2 Å². The average Bonchev–Trinajstić information content (AvgIpc) is 2.72. The molecule has 0 aliphatic rings. The van der Waals surface area contributed by atoms with Crippen molar-refractivity contribution in [1.82, 2.24) is 10.6 Å². The van der Waals surface area contributed by atoms with Gasteiger partial charge in [-0.25, -0.2) is 9.59 Å². The van der Waals surface area contributed by atoms with Gasteiger partial charge in [0.25, 0.3) is 0 Å². The summed E-state index contributed by atoms with van der Waals surface area (Å²) in [5.41, 5.74) is 0.790. The lowest BCUT2D eigenvalue weighted by Crippen LogP contribution is -2.55. The number of carbonyl (C=O) groups excluding carboxylic acids is 3. The molecule has 8 heteroatoms. The summed E-state index contributed by atoms with van der Waals surface area (Å²) in [6.07, 6.45) is 2.17. The largest absolute Gasteiger partial charge is 0.467 e. The molecule has 0 saturated carbocycles. The van der Waals surface area contributed by atoms with Gasteiger partial charge in [0.05, 0.1) is 13.2 Å². The summed E-state index contributed by atoms with van der Waals surface area (Å²) in [6.45, 7) is 3.48. The lowest BCUT2D eigenvalue weighted by molar-refractivity contribution is -0.145. The number of hydrogen-bond donors (Lipinski definition) is 3. The molecule has 0 heterocycles. The van der Waals surface area contributed by atoms with E-state index < -0.39 is 36.2 Å². The standard InChI is InChI=1S/C21H32N2O6/c1-4-5-6-10-13-17(20(26)28-3)22-19(25)18(15(2)24)23-21(27)29-14-16-11-8-7-9-12-16/h7-9,11-12,15,17-18,24H,4-6,10,13-14H2,1-3H3,(H,22,25)(H,23,27)/t15-,17+,18+/m1/s1. The van der Waals surface area contributed by atoms with Crippen LogP contribution in [0.25, 0.3) is 0 Å². The molecule has 3 N–H and O–H groups in total. The summed E-state index contributed by atoms with van der Waals surface area (Å²) in [6, 6.07) is 6.97. The van der Waals surface area contributed by atoms with Crippen molar-refractivity contribution < 1.29 is 29.0 Å². The molecule has 8 nitrogen and oxygen atoms in total. The first kappa shape index (κ1) is 24.4. The maximum Gasteiger partial charge on any atom is 0.408 e. The minimum atomic E-state index is -1.26. The van der Waals surface area contributed by atoms with Crippen molar-refractivity contribution >= 4 is 18.0 Å². The van der Waals surface area contributed by atoms with Gasteiger partial charge in [0, 0.05) is 0 Å². The van der Waals surface area contributed by atoms with Gasteiger partial charge in [0.1, 0.15) is 18.7 Å². The molecule has 0 bridgehead atoms. The number of alkyl carbamates (subject to hydrolysis) is 1. The highest BCUT2D eigenvalue weighted by molar-refractivity contribution is 5.90. The third-order valence-electron chi connectivity index (χ3n) is 4.40. The zero-order valence-electron chi connectivity index (χ0n) is 17.3. The number of nitrogens with one attached hydrogen (secondary N) is 2. The highest BCUT2D eigenvalue weighted by Gasteiger charge is 2.30. The van der Waals surface area contributed by atoms with E-state index in [2.05, 4.69) is 17.6 Å². The van der Waals surface area contributed by atoms with Gasteiger partial charge in [0.2, 0.25) is 5.91 Å². The molecule has 1 aromatic carbocycles. The van der Waals surface area contributed by atoms with Crippen LogP contribution in [-0.4, -0.2) is 48.4 Å². The van der Waals surface area contributed by atoms with Crippen LogP contribution in [0.1, 0.15) is 51.5 Å². The first-order valence-corrected chi connectivity index (χ1v) is 9.92. The number of ether oxygens (including phenoxy) is 2. The number of carbonyl (C=O) groups is 3. The van der Waals surface area contributed by atoms with Gasteiger partial charge in [-0.05, 0) is 18.9 Å². The second-order valence-corrected chi connectivity index (χ2v) is 6.86. The minimum absolute atomic E-state index is 0.0308. The second-order valence-electron chi connectivity index (χ2n) is 6.86. The Kier molecular flexibility index (Phi) is 11.4. The molecule has 0 saturated heterocycles. The van der Waals surface area contributed by atoms with Crippen molar-refractivity contribution in [3.8, 4) is 0 Å². The van der Waals surface area contributed by atoms with Crippen molar-refractivity contribution in [2.45, 2.75) is 70.7 Å². The van der Waals surface area contributed by atoms with Crippen molar-refractivity contribution in [1.29, 1.82) is 0 Å². The molecular formula is C21H32N2O6. The normalized spacial score (nSPS) is 13.7. The molecule has 0 aromatic heterocycles. The molecule has 162 valence electrons. The first-order chi connectivity index (χ1) is 13.9. The van der Waals surface area contributed by atoms with E-state index in [9.17, 15) is 19.5 Å². The smallest absolute Gasteiger partial charge is 0.408 e. The van der Waals surface area contributed by atoms with Crippen molar-refractivity contribution in [3.63, 3.8) is 0 Å². The number of rotatable bonds is 12. The van der Waals surface area contributed by atoms with Crippen molar-refractivity contribution in [2.24, 2.45) is 0 Å². The number of methoxy groups -OCH3 is 1. The summed E-state index contributed by atoms with van der Waals surface area (Å²) in [4.78, 5) is 36.6. The van der Waals surface area contributed by atoms with Crippen LogP contribution in [0, 0.1) is 0 Å². The van der Waals surface area contributed by atoms with E-state index in [1.807, 2.05) is 18.2 Å². The van der Waals surface area contributed by atoms with Crippen LogP contribution in [0.5, 0.6) is 0 Å². The Bertz CT molecular complexity index is 635. The van der Waals surface area contributed by atoms with E-state index >= 15 is 0 Å². The van der Waals surface area contributed by atoms with Crippen molar-refractivity contribution in [3.05, 3.63) is 35.9 Å². The number of unbranched alkanes of at least 4 members (excludes halogenated alkanes) is 3. The summed E-state index contributed by atoms with van der Waals surface area (Å²) in [5, 5.41) is 14.8. The molecule has 0 spiro atoms. The monoisotopic (exact) mass is 408 g/mol. The predicted molar refractivity (Wildman–Crippen MR) is 108 cm³/mol.